The van der Waals surface area contributed by atoms with Crippen LogP contribution in [0.5, 0.6) is 0 Å². The lowest BCUT2D eigenvalue weighted by atomic mass is 10.1. The molecule has 1 atom stereocenters. The molecule has 2 nitrogen and oxygen atoms in total. The van der Waals surface area contributed by atoms with Crippen LogP contribution in [0.15, 0.2) is 0 Å². The molecule has 0 aromatic carbocycles. The Balaban J connectivity index is 2.19. The summed E-state index contributed by atoms with van der Waals surface area (Å²) in [5.41, 5.74) is 0. The van der Waals surface area contributed by atoms with E-state index < -0.39 is 6.43 Å². The van der Waals surface area contributed by atoms with Crippen molar-refractivity contribution in [1.82, 2.24) is 4.90 Å². The highest BCUT2D eigenvalue weighted by Crippen LogP contribution is 2.15. The molecule has 0 spiro atoms. The fourth-order valence-corrected chi connectivity index (χ4v) is 1.42. The Hall–Kier alpha value is -0.220. The molecule has 1 aliphatic rings. The van der Waals surface area contributed by atoms with Gasteiger partial charge < -0.3 is 5.11 Å². The van der Waals surface area contributed by atoms with Gasteiger partial charge in [-0.3, -0.25) is 4.90 Å². The number of likely N-dealkylation sites (tertiary alicyclic amines) is 1. The summed E-state index contributed by atoms with van der Waals surface area (Å²) in [6, 6.07) is 0. The Labute approximate surface area is 64.8 Å². The average Bonchev–Trinajstić information content (AvgIpc) is 2.34. The van der Waals surface area contributed by atoms with Gasteiger partial charge in [0.15, 0.2) is 0 Å². The molecule has 4 heteroatoms. The van der Waals surface area contributed by atoms with Crippen molar-refractivity contribution in [3.63, 3.8) is 0 Å². The van der Waals surface area contributed by atoms with E-state index in [-0.39, 0.29) is 19.1 Å². The second kappa shape index (κ2) is 3.97. The highest BCUT2D eigenvalue weighted by Gasteiger charge is 2.23. The van der Waals surface area contributed by atoms with Gasteiger partial charge in [0.05, 0.1) is 6.54 Å². The molecule has 1 N–H and O–H groups in total. The molecular formula is C7H13F2NO. The summed E-state index contributed by atoms with van der Waals surface area (Å²) in [7, 11) is 0. The maximum atomic E-state index is 11.8. The first-order chi connectivity index (χ1) is 5.22. The van der Waals surface area contributed by atoms with E-state index in [2.05, 4.69) is 0 Å². The van der Waals surface area contributed by atoms with E-state index >= 15 is 0 Å². The van der Waals surface area contributed by atoms with Crippen LogP contribution in [0.2, 0.25) is 0 Å². The molecule has 1 heterocycles. The van der Waals surface area contributed by atoms with E-state index in [1.165, 1.54) is 0 Å². The van der Waals surface area contributed by atoms with Crippen molar-refractivity contribution >= 4 is 0 Å². The van der Waals surface area contributed by atoms with E-state index in [1.54, 1.807) is 4.90 Å². The van der Waals surface area contributed by atoms with E-state index in [1.807, 2.05) is 0 Å². The largest absolute Gasteiger partial charge is 0.396 e. The molecule has 0 saturated carbocycles. The third kappa shape index (κ3) is 2.71. The van der Waals surface area contributed by atoms with Gasteiger partial charge in [-0.2, -0.15) is 0 Å². The first-order valence-electron chi connectivity index (χ1n) is 3.83. The Morgan fingerprint density at radius 2 is 2.27 bits per heavy atom. The predicted octanol–water partition coefficient (Wildman–Crippen LogP) is 0.566. The van der Waals surface area contributed by atoms with Gasteiger partial charge >= 0.3 is 0 Å². The Morgan fingerprint density at radius 3 is 2.73 bits per heavy atom. The molecule has 1 unspecified atom stereocenters. The van der Waals surface area contributed by atoms with Gasteiger partial charge in [0.25, 0.3) is 6.43 Å². The maximum Gasteiger partial charge on any atom is 0.251 e. The van der Waals surface area contributed by atoms with Crippen LogP contribution in [-0.2, 0) is 0 Å². The summed E-state index contributed by atoms with van der Waals surface area (Å²) in [4.78, 5) is 1.70. The molecule has 0 aromatic rings. The summed E-state index contributed by atoms with van der Waals surface area (Å²) < 4.78 is 23.6. The molecule has 0 radical (unpaired) electrons. The van der Waals surface area contributed by atoms with Crippen LogP contribution >= 0.6 is 0 Å². The van der Waals surface area contributed by atoms with Crippen LogP contribution in [0.1, 0.15) is 6.42 Å². The molecule has 0 aromatic heterocycles. The lowest BCUT2D eigenvalue weighted by Gasteiger charge is -2.13. The van der Waals surface area contributed by atoms with Gasteiger partial charge in [-0.15, -0.1) is 0 Å². The summed E-state index contributed by atoms with van der Waals surface area (Å²) in [6.07, 6.45) is -1.39. The van der Waals surface area contributed by atoms with E-state index in [0.29, 0.717) is 13.1 Å². The number of hydrogen-bond donors (Lipinski definition) is 1. The SMILES string of the molecule is OCC1CCN(CC(F)F)C1. The van der Waals surface area contributed by atoms with Crippen molar-refractivity contribution in [1.29, 1.82) is 0 Å². The van der Waals surface area contributed by atoms with Crippen LogP contribution in [0.4, 0.5) is 8.78 Å². The highest BCUT2D eigenvalue weighted by atomic mass is 19.3. The quantitative estimate of drug-likeness (QED) is 0.660. The smallest absolute Gasteiger partial charge is 0.251 e. The third-order valence-electron chi connectivity index (χ3n) is 2.02. The number of rotatable bonds is 3. The fourth-order valence-electron chi connectivity index (χ4n) is 1.42. The van der Waals surface area contributed by atoms with E-state index in [4.69, 9.17) is 5.11 Å². The number of aliphatic hydroxyl groups excluding tert-OH is 1. The zero-order valence-electron chi connectivity index (χ0n) is 6.34. The Kier molecular flexibility index (Phi) is 3.20. The molecule has 0 amide bonds. The van der Waals surface area contributed by atoms with Crippen LogP contribution < -0.4 is 0 Å². The van der Waals surface area contributed by atoms with Crippen molar-refractivity contribution in [3.05, 3.63) is 0 Å². The van der Waals surface area contributed by atoms with Gasteiger partial charge in [-0.25, -0.2) is 8.78 Å². The second-order valence-corrected chi connectivity index (χ2v) is 2.99. The van der Waals surface area contributed by atoms with Gasteiger partial charge in [0.2, 0.25) is 0 Å². The van der Waals surface area contributed by atoms with E-state index in [0.717, 1.165) is 6.42 Å². The topological polar surface area (TPSA) is 23.5 Å². The molecule has 1 rings (SSSR count). The zero-order chi connectivity index (χ0) is 8.27. The average molecular weight is 165 g/mol. The van der Waals surface area contributed by atoms with Crippen molar-refractivity contribution in [3.8, 4) is 0 Å². The lowest BCUT2D eigenvalue weighted by Crippen LogP contribution is -2.26. The standard InChI is InChI=1S/C7H13F2NO/c8-7(9)4-10-2-1-6(3-10)5-11/h6-7,11H,1-5H2. The summed E-state index contributed by atoms with van der Waals surface area (Å²) in [5, 5.41) is 8.70. The molecule has 66 valence electrons. The number of halogens is 2. The number of aliphatic hydroxyl groups is 1. The predicted molar refractivity (Wildman–Crippen MR) is 37.6 cm³/mol. The summed E-state index contributed by atoms with van der Waals surface area (Å²) in [6.45, 7) is 1.31. The van der Waals surface area contributed by atoms with Crippen LogP contribution in [0.3, 0.4) is 0 Å². The van der Waals surface area contributed by atoms with Gasteiger partial charge in [0.1, 0.15) is 0 Å². The monoisotopic (exact) mass is 165 g/mol. The van der Waals surface area contributed by atoms with Gasteiger partial charge in [-0.05, 0) is 18.9 Å². The molecule has 1 saturated heterocycles. The molecular weight excluding hydrogens is 152 g/mol. The van der Waals surface area contributed by atoms with Crippen molar-refractivity contribution in [2.24, 2.45) is 5.92 Å². The van der Waals surface area contributed by atoms with Gasteiger partial charge in [-0.1, -0.05) is 0 Å². The lowest BCUT2D eigenvalue weighted by molar-refractivity contribution is 0.0957. The van der Waals surface area contributed by atoms with Crippen LogP contribution in [0, 0.1) is 5.92 Å². The number of alkyl halides is 2. The minimum atomic E-state index is -2.24. The minimum Gasteiger partial charge on any atom is -0.396 e. The second-order valence-electron chi connectivity index (χ2n) is 2.99. The maximum absolute atomic E-state index is 11.8. The zero-order valence-corrected chi connectivity index (χ0v) is 6.34. The first kappa shape index (κ1) is 8.87. The van der Waals surface area contributed by atoms with Crippen LogP contribution in [0.25, 0.3) is 0 Å². The molecule has 1 fully saturated rings. The summed E-state index contributed by atoms with van der Waals surface area (Å²) in [5.74, 6) is 0.216. The van der Waals surface area contributed by atoms with Crippen LogP contribution in [-0.4, -0.2) is 42.7 Å². The van der Waals surface area contributed by atoms with Crippen molar-refractivity contribution in [2.75, 3.05) is 26.2 Å². The number of hydrogen-bond acceptors (Lipinski definition) is 2. The summed E-state index contributed by atoms with van der Waals surface area (Å²) >= 11 is 0. The molecule has 1 aliphatic heterocycles. The first-order valence-corrected chi connectivity index (χ1v) is 3.83. The van der Waals surface area contributed by atoms with Gasteiger partial charge in [0, 0.05) is 13.2 Å². The molecule has 0 bridgehead atoms. The third-order valence-corrected chi connectivity index (χ3v) is 2.02. The van der Waals surface area contributed by atoms with E-state index in [9.17, 15) is 8.78 Å². The number of nitrogens with zero attached hydrogens (tertiary/aromatic N) is 1. The van der Waals surface area contributed by atoms with Crippen molar-refractivity contribution in [2.45, 2.75) is 12.8 Å². The van der Waals surface area contributed by atoms with Crippen molar-refractivity contribution < 1.29 is 13.9 Å². The fraction of sp³-hybridized carbons (Fsp3) is 1.00. The molecule has 0 aliphatic carbocycles. The normalized spacial score (nSPS) is 26.7. The molecule has 11 heavy (non-hydrogen) atoms. The minimum absolute atomic E-state index is 0.125. The Morgan fingerprint density at radius 1 is 1.55 bits per heavy atom. The Bertz CT molecular complexity index is 121. The highest BCUT2D eigenvalue weighted by molar-refractivity contribution is 4.74.